The number of carbonyl (C=O) groups is 9. The van der Waals surface area contributed by atoms with Crippen LogP contribution in [0.15, 0.2) is 261 Å². The van der Waals surface area contributed by atoms with Crippen molar-refractivity contribution in [1.29, 1.82) is 0 Å². The van der Waals surface area contributed by atoms with Crippen molar-refractivity contribution in [2.45, 2.75) is 132 Å². The van der Waals surface area contributed by atoms with E-state index in [1.165, 1.54) is 109 Å². The number of nitrogens with two attached hydrogens (primary N) is 12. The van der Waals surface area contributed by atoms with Crippen molar-refractivity contribution in [2.24, 2.45) is 74.7 Å². The van der Waals surface area contributed by atoms with Gasteiger partial charge in [0.15, 0.2) is 11.6 Å². The molecule has 1 aliphatic rings. The fraction of sp³-hybridized carbons (Fsp3) is 0.298. The van der Waals surface area contributed by atoms with Gasteiger partial charge in [0.25, 0.3) is 0 Å². The molecule has 9 aromatic carbocycles. The third kappa shape index (κ3) is 54.9. The normalized spacial score (nSPS) is 13.1. The molecule has 1 aliphatic heterocycles. The van der Waals surface area contributed by atoms with Crippen LogP contribution in [-0.4, -0.2) is 187 Å². The Labute approximate surface area is 847 Å². The van der Waals surface area contributed by atoms with Gasteiger partial charge in [-0.3, -0.25) is 58.0 Å². The van der Waals surface area contributed by atoms with E-state index in [1.54, 1.807) is 127 Å². The standard InChI is InChI=1S/C16H17FN2O.C15H22FN3O2.C15H16FN3O.C11H12F4N2O.C11H15FN2O2.C9H10F2N2O.3C9H11FN2O/c1-12(10-13-2-4-15(17)5-3-13)16(20)19-11-14-6-8-18-9-7-14;16-13-3-1-12(2-4-13)11-14(17)15(20)18-5-6-19-7-9-21-10-8-19;16-13-5-3-11(4-6-13)8-14(17)15(20)19-10-12-2-1-7-18-9-12;12-8-3-1-7(2-4-8)5-9(16)10(18)17-6-11(13,14)15;12-9-3-1-8(2-4-9)7-10(13)11(16)14-5-6-15;10-6-2-1-5(3-7(6)11)4-8(12)9(13)14;10-7-3-1-6(2-4-7)5-8(11)9(12)13;10-7-3-1-2-6(4-7)5-8(11)9(12)13;10-7-4-2-1-3-6(7)5-8(11)9(12)13/h2-9,12H,10-11H2,1H3,(H,19,20);1-4,14H,5-11,17H2,(H,18,20);1-7,9,14H,8,10,17H2,(H,19,20);1-4,9H,5-6,16H2,(H,17,18);1-4,10,15H,5-7,13H2,(H,14,16);1-3,8H,4,12H2,(H2,13,14);3*1-4,8H,5,11H2,(H2,12,13). The highest BCUT2D eigenvalue weighted by Crippen LogP contribution is 2.18. The predicted octanol–water partition coefficient (Wildman–Crippen LogP) is 6.31. The lowest BCUT2D eigenvalue weighted by Gasteiger charge is -2.26. The number of aliphatic hydroxyl groups is 1. The number of morpholine rings is 1. The number of pyridine rings is 2. The molecule has 9 unspecified atom stereocenters. The third-order valence-corrected chi connectivity index (χ3v) is 20.8. The molecule has 1 saturated heterocycles. The second kappa shape index (κ2) is 68.5. The van der Waals surface area contributed by atoms with Gasteiger partial charge in [-0.2, -0.15) is 13.2 Å². The number of carbonyl (C=O) groups excluding carboxylic acids is 9. The molecular weight excluding hydrogens is 1950 g/mol. The van der Waals surface area contributed by atoms with Gasteiger partial charge in [0, 0.05) is 76.5 Å². The minimum Gasteiger partial charge on any atom is -0.395 e. The highest BCUT2D eigenvalue weighted by atomic mass is 19.4. The van der Waals surface area contributed by atoms with Crippen molar-refractivity contribution in [3.63, 3.8) is 0 Å². The first kappa shape index (κ1) is 125. The highest BCUT2D eigenvalue weighted by molar-refractivity contribution is 5.84. The summed E-state index contributed by atoms with van der Waals surface area (Å²) in [5.41, 5.74) is 72.4. The Kier molecular flexibility index (Phi) is 58.1. The number of rotatable bonds is 37. The van der Waals surface area contributed by atoms with Crippen LogP contribution >= 0.6 is 0 Å². The fourth-order valence-electron chi connectivity index (χ4n) is 12.6. The van der Waals surface area contributed by atoms with E-state index < -0.39 is 108 Å². The minimum absolute atomic E-state index is 0.00821. The number of nitrogens with zero attached hydrogens (tertiary/aromatic N) is 3. The van der Waals surface area contributed by atoms with Crippen LogP contribution in [0.3, 0.4) is 0 Å². The Bertz CT molecular complexity index is 5690. The molecule has 11 aromatic rings. The molecular formula is C104H125F13N20O11. The van der Waals surface area contributed by atoms with Crippen molar-refractivity contribution in [3.05, 3.63) is 381 Å². The minimum atomic E-state index is -4.47. The van der Waals surface area contributed by atoms with Gasteiger partial charge in [-0.1, -0.05) is 122 Å². The van der Waals surface area contributed by atoms with Crippen molar-refractivity contribution in [2.75, 3.05) is 59.1 Å². The van der Waals surface area contributed by atoms with Gasteiger partial charge in [0.05, 0.1) is 68.2 Å². The highest BCUT2D eigenvalue weighted by Gasteiger charge is 2.29. The van der Waals surface area contributed by atoms with Crippen LogP contribution in [-0.2, 0) is 119 Å². The van der Waals surface area contributed by atoms with E-state index in [1.807, 2.05) is 25.1 Å². The molecule has 30 N–H and O–H groups in total. The lowest BCUT2D eigenvalue weighted by atomic mass is 10.0. The second-order valence-electron chi connectivity index (χ2n) is 33.2. The molecule has 9 atom stereocenters. The molecule has 12 rings (SSSR count). The van der Waals surface area contributed by atoms with E-state index in [2.05, 4.69) is 36.1 Å². The molecule has 9 amide bonds. The number of ether oxygens (including phenoxy) is 1. The largest absolute Gasteiger partial charge is 0.405 e. The summed E-state index contributed by atoms with van der Waals surface area (Å²) in [5, 5.41) is 21.2. The topological polar surface area (TPSA) is 584 Å². The smallest absolute Gasteiger partial charge is 0.395 e. The average molecular weight is 2080 g/mol. The summed E-state index contributed by atoms with van der Waals surface area (Å²) in [4.78, 5) is 111. The van der Waals surface area contributed by atoms with Gasteiger partial charge in [-0.25, -0.2) is 43.9 Å². The van der Waals surface area contributed by atoms with E-state index in [0.717, 1.165) is 83.9 Å². The first-order chi connectivity index (χ1) is 70.1. The van der Waals surface area contributed by atoms with E-state index in [-0.39, 0.29) is 109 Å². The number of aliphatic hydroxyl groups excluding tert-OH is 1. The van der Waals surface area contributed by atoms with Crippen molar-refractivity contribution in [3.8, 4) is 0 Å². The molecule has 0 spiro atoms. The molecule has 0 aliphatic carbocycles. The first-order valence-electron chi connectivity index (χ1n) is 45.9. The maximum atomic E-state index is 13.0. The number of amides is 9. The zero-order valence-corrected chi connectivity index (χ0v) is 80.9. The van der Waals surface area contributed by atoms with Crippen molar-refractivity contribution in [1.82, 2.24) is 41.5 Å². The first-order valence-corrected chi connectivity index (χ1v) is 45.9. The number of benzene rings is 9. The lowest BCUT2D eigenvalue weighted by molar-refractivity contribution is -0.139. The van der Waals surface area contributed by atoms with Gasteiger partial charge in [-0.05, 0) is 240 Å². The van der Waals surface area contributed by atoms with E-state index in [9.17, 15) is 100 Å². The molecule has 0 bridgehead atoms. The maximum absolute atomic E-state index is 13.0. The molecule has 44 heteroatoms. The van der Waals surface area contributed by atoms with Crippen LogP contribution in [0.4, 0.5) is 57.1 Å². The molecule has 798 valence electrons. The number of alkyl halides is 3. The molecule has 0 radical (unpaired) electrons. The summed E-state index contributed by atoms with van der Waals surface area (Å²) in [6, 6.07) is 51.8. The zero-order chi connectivity index (χ0) is 110. The molecule has 148 heavy (non-hydrogen) atoms. The Morgan fingerprint density at radius 3 is 1.05 bits per heavy atom. The van der Waals surface area contributed by atoms with Gasteiger partial charge in [0.1, 0.15) is 53.1 Å². The van der Waals surface area contributed by atoms with Gasteiger partial charge >= 0.3 is 6.18 Å². The molecule has 0 saturated carbocycles. The number of hydrogen-bond donors (Lipinski definition) is 18. The number of hydrogen-bond acceptors (Lipinski definition) is 22. The number of nitrogens with one attached hydrogen (secondary N) is 5. The Hall–Kier alpha value is -14.8. The number of primary amides is 4. The fourth-order valence-corrected chi connectivity index (χ4v) is 12.6. The monoisotopic (exact) mass is 2080 g/mol. The predicted molar refractivity (Wildman–Crippen MR) is 532 cm³/mol. The molecule has 1 fully saturated rings. The van der Waals surface area contributed by atoms with Gasteiger partial charge in [-0.15, -0.1) is 0 Å². The van der Waals surface area contributed by atoms with Crippen molar-refractivity contribution >= 4 is 53.2 Å². The van der Waals surface area contributed by atoms with Crippen LogP contribution in [0.5, 0.6) is 0 Å². The number of aromatic nitrogens is 2. The zero-order valence-electron chi connectivity index (χ0n) is 80.9. The molecule has 31 nitrogen and oxygen atoms in total. The SMILES string of the molecule is CC(Cc1ccc(F)cc1)C(=O)NCc1ccncc1.NC(=O)C(N)Cc1ccc(F)c(F)c1.NC(=O)C(N)Cc1ccc(F)cc1.NC(=O)C(N)Cc1cccc(F)c1.NC(=O)C(N)Cc1ccccc1F.NC(Cc1ccc(F)cc1)C(=O)NCC(F)(F)F.NC(Cc1ccc(F)cc1)C(=O)NCCN1CCOCC1.NC(Cc1ccc(F)cc1)C(=O)NCCO.NC(Cc1ccc(F)cc1)C(=O)NCc1cccnc1. The Morgan fingerprint density at radius 2 is 0.676 bits per heavy atom. The Balaban J connectivity index is 0.000000349. The van der Waals surface area contributed by atoms with Crippen LogP contribution < -0.4 is 95.4 Å². The average Bonchev–Trinajstić information content (AvgIpc) is 0.879. The maximum Gasteiger partial charge on any atom is 0.405 e. The van der Waals surface area contributed by atoms with Gasteiger partial charge < -0.3 is 105 Å². The quantitative estimate of drug-likeness (QED) is 0.0190. The van der Waals surface area contributed by atoms with Crippen LogP contribution in [0.25, 0.3) is 0 Å². The van der Waals surface area contributed by atoms with E-state index >= 15 is 0 Å². The summed E-state index contributed by atoms with van der Waals surface area (Å²) in [6.07, 6.45) is 4.92. The van der Waals surface area contributed by atoms with Crippen LogP contribution in [0.2, 0.25) is 0 Å². The van der Waals surface area contributed by atoms with E-state index in [0.29, 0.717) is 74.0 Å². The summed E-state index contributed by atoms with van der Waals surface area (Å²) in [5.74, 6) is -8.71. The number of halogens is 13. The third-order valence-electron chi connectivity index (χ3n) is 20.8. The van der Waals surface area contributed by atoms with Crippen LogP contribution in [0.1, 0.15) is 68.1 Å². The second-order valence-corrected chi connectivity index (χ2v) is 33.2. The van der Waals surface area contributed by atoms with Crippen molar-refractivity contribution < 1.29 is 110 Å². The van der Waals surface area contributed by atoms with Gasteiger partial charge in [0.2, 0.25) is 53.2 Å². The Morgan fingerprint density at radius 1 is 0.331 bits per heavy atom. The van der Waals surface area contributed by atoms with E-state index in [4.69, 9.17) is 78.6 Å². The summed E-state index contributed by atoms with van der Waals surface area (Å²) >= 11 is 0. The summed E-state index contributed by atoms with van der Waals surface area (Å²) < 4.78 is 168. The summed E-state index contributed by atoms with van der Waals surface area (Å²) in [6.45, 7) is 6.09. The summed E-state index contributed by atoms with van der Waals surface area (Å²) in [7, 11) is 0. The molecule has 3 heterocycles. The molecule has 2 aromatic heterocycles. The lowest BCUT2D eigenvalue weighted by Crippen LogP contribution is -2.46. The van der Waals surface area contributed by atoms with Crippen LogP contribution in [0, 0.1) is 64.1 Å².